The first-order valence-corrected chi connectivity index (χ1v) is 4.32. The number of hydrogen-bond donors (Lipinski definition) is 1. The van der Waals surface area contributed by atoms with E-state index < -0.39 is 11.5 Å². The minimum atomic E-state index is -0.940. The quantitative estimate of drug-likeness (QED) is 0.792. The summed E-state index contributed by atoms with van der Waals surface area (Å²) in [6, 6.07) is 6.18. The number of nitrogens with one attached hydrogen (secondary N) is 1. The molecule has 6 heteroatoms. The third kappa shape index (κ3) is 3.86. The van der Waals surface area contributed by atoms with Gasteiger partial charge >= 0.3 is 11.5 Å². The zero-order chi connectivity index (χ0) is 11.3. The normalized spacial score (nSPS) is 9.20. The van der Waals surface area contributed by atoms with Gasteiger partial charge in [-0.15, -0.1) is 0 Å². The topological polar surface area (TPSA) is 64.6 Å². The average Bonchev–Trinajstić information content (AvgIpc) is 2.17. The number of halogens is 1. The van der Waals surface area contributed by atoms with Gasteiger partial charge in [-0.1, -0.05) is 6.07 Å². The van der Waals surface area contributed by atoms with Crippen LogP contribution in [0.25, 0.3) is 0 Å². The van der Waals surface area contributed by atoms with Crippen molar-refractivity contribution in [3.8, 4) is 5.75 Å². The molecule has 5 nitrogen and oxygen atoms in total. The third-order valence-corrected chi connectivity index (χ3v) is 1.54. The summed E-state index contributed by atoms with van der Waals surface area (Å²) in [7, 11) is 1.25. The molecule has 80 valence electrons. The first-order valence-electron chi connectivity index (χ1n) is 3.94. The number of carbonyl (C=O) groups is 2. The molecule has 0 atom stereocenters. The Bertz CT molecular complexity index is 380. The van der Waals surface area contributed by atoms with E-state index in [1.807, 2.05) is 0 Å². The van der Waals surface area contributed by atoms with Crippen molar-refractivity contribution in [2.75, 3.05) is 12.4 Å². The predicted octanol–water partition coefficient (Wildman–Crippen LogP) is 2.60. The summed E-state index contributed by atoms with van der Waals surface area (Å²) >= 11 is 5.02. The van der Waals surface area contributed by atoms with Crippen LogP contribution >= 0.6 is 11.6 Å². The molecule has 1 rings (SSSR count). The largest absolute Gasteiger partial charge is 0.453 e. The maximum atomic E-state index is 10.8. The fourth-order valence-electron chi connectivity index (χ4n) is 0.899. The molecule has 0 saturated heterocycles. The monoisotopic (exact) mass is 229 g/mol. The third-order valence-electron chi connectivity index (χ3n) is 1.46. The van der Waals surface area contributed by atoms with Crippen LogP contribution in [0.15, 0.2) is 24.3 Å². The summed E-state index contributed by atoms with van der Waals surface area (Å²) < 4.78 is 9.00. The number of rotatable bonds is 2. The minimum Gasteiger partial charge on any atom is -0.453 e. The molecule has 0 unspecified atom stereocenters. The van der Waals surface area contributed by atoms with Crippen LogP contribution in [0, 0.1) is 0 Å². The van der Waals surface area contributed by atoms with Crippen molar-refractivity contribution in [3.05, 3.63) is 24.3 Å². The highest BCUT2D eigenvalue weighted by molar-refractivity contribution is 6.61. The number of ether oxygens (including phenoxy) is 2. The lowest BCUT2D eigenvalue weighted by Crippen LogP contribution is -2.10. The van der Waals surface area contributed by atoms with Crippen molar-refractivity contribution in [1.29, 1.82) is 0 Å². The Labute approximate surface area is 90.9 Å². The smallest absolute Gasteiger partial charge is 0.411 e. The van der Waals surface area contributed by atoms with Crippen molar-refractivity contribution in [2.45, 2.75) is 0 Å². The zero-order valence-electron chi connectivity index (χ0n) is 7.82. The lowest BCUT2D eigenvalue weighted by Gasteiger charge is -2.05. The molecule has 0 aliphatic heterocycles. The first kappa shape index (κ1) is 11.3. The van der Waals surface area contributed by atoms with E-state index in [0.717, 1.165) is 0 Å². The molecule has 0 fully saturated rings. The Morgan fingerprint density at radius 3 is 2.73 bits per heavy atom. The second-order valence-electron chi connectivity index (χ2n) is 2.48. The lowest BCUT2D eigenvalue weighted by molar-refractivity contribution is 0.187. The van der Waals surface area contributed by atoms with Gasteiger partial charge in [0.1, 0.15) is 5.75 Å². The Morgan fingerprint density at radius 2 is 2.13 bits per heavy atom. The van der Waals surface area contributed by atoms with E-state index in [1.54, 1.807) is 12.1 Å². The zero-order valence-corrected chi connectivity index (χ0v) is 8.58. The van der Waals surface area contributed by atoms with Crippen LogP contribution in [0.1, 0.15) is 0 Å². The Balaban J connectivity index is 2.74. The van der Waals surface area contributed by atoms with E-state index >= 15 is 0 Å². The van der Waals surface area contributed by atoms with Crippen LogP contribution in [0.4, 0.5) is 15.3 Å². The molecule has 1 aromatic carbocycles. The number of amides is 1. The van der Waals surface area contributed by atoms with Crippen LogP contribution in [0.5, 0.6) is 5.75 Å². The summed E-state index contributed by atoms with van der Waals surface area (Å²) in [5, 5.41) is 2.41. The molecular formula is C9H8ClNO4. The fraction of sp³-hybridized carbons (Fsp3) is 0.111. The van der Waals surface area contributed by atoms with Crippen molar-refractivity contribution < 1.29 is 19.1 Å². The SMILES string of the molecule is COC(=O)Nc1cccc(OC(=O)Cl)c1. The van der Waals surface area contributed by atoms with Gasteiger partial charge in [0, 0.05) is 23.4 Å². The number of carbonyl (C=O) groups excluding carboxylic acids is 2. The van der Waals surface area contributed by atoms with Crippen LogP contribution in [0.2, 0.25) is 0 Å². The van der Waals surface area contributed by atoms with Crippen molar-refractivity contribution >= 4 is 28.8 Å². The van der Waals surface area contributed by atoms with Crippen LogP contribution in [-0.4, -0.2) is 18.6 Å². The van der Waals surface area contributed by atoms with Gasteiger partial charge in [0.05, 0.1) is 7.11 Å². The summed E-state index contributed by atoms with van der Waals surface area (Å²) in [4.78, 5) is 21.3. The van der Waals surface area contributed by atoms with E-state index in [1.165, 1.54) is 19.2 Å². The molecule has 0 heterocycles. The van der Waals surface area contributed by atoms with Gasteiger partial charge in [-0.05, 0) is 12.1 Å². The number of anilines is 1. The molecule has 0 aliphatic rings. The molecule has 15 heavy (non-hydrogen) atoms. The number of benzene rings is 1. The van der Waals surface area contributed by atoms with Gasteiger partial charge in [-0.25, -0.2) is 9.59 Å². The van der Waals surface area contributed by atoms with Gasteiger partial charge in [-0.3, -0.25) is 5.32 Å². The molecule has 0 spiro atoms. The van der Waals surface area contributed by atoms with Crippen LogP contribution < -0.4 is 10.1 Å². The van der Waals surface area contributed by atoms with Gasteiger partial charge in [0.25, 0.3) is 0 Å². The number of methoxy groups -OCH3 is 1. The Hall–Kier alpha value is -1.75. The van der Waals surface area contributed by atoms with Gasteiger partial charge < -0.3 is 9.47 Å². The fourth-order valence-corrected chi connectivity index (χ4v) is 0.988. The molecular weight excluding hydrogens is 222 g/mol. The highest BCUT2D eigenvalue weighted by Crippen LogP contribution is 2.18. The molecule has 0 aliphatic carbocycles. The molecule has 0 radical (unpaired) electrons. The molecule has 1 amide bonds. The molecule has 1 aromatic rings. The van der Waals surface area contributed by atoms with Gasteiger partial charge in [0.15, 0.2) is 0 Å². The maximum Gasteiger partial charge on any atom is 0.411 e. The van der Waals surface area contributed by atoms with E-state index in [2.05, 4.69) is 14.8 Å². The first-order chi connectivity index (χ1) is 7.11. The lowest BCUT2D eigenvalue weighted by atomic mass is 10.3. The maximum absolute atomic E-state index is 10.8. The number of hydrogen-bond acceptors (Lipinski definition) is 4. The van der Waals surface area contributed by atoms with Crippen molar-refractivity contribution in [1.82, 2.24) is 0 Å². The highest BCUT2D eigenvalue weighted by Gasteiger charge is 2.03. The predicted molar refractivity (Wildman–Crippen MR) is 54.3 cm³/mol. The van der Waals surface area contributed by atoms with Crippen LogP contribution in [-0.2, 0) is 4.74 Å². The average molecular weight is 230 g/mol. The van der Waals surface area contributed by atoms with Crippen molar-refractivity contribution in [2.24, 2.45) is 0 Å². The molecule has 0 bridgehead atoms. The molecule has 0 saturated carbocycles. The molecule has 1 N–H and O–H groups in total. The standard InChI is InChI=1S/C9H8ClNO4/c1-14-9(13)11-6-3-2-4-7(5-6)15-8(10)12/h2-5H,1H3,(H,11,13). The highest BCUT2D eigenvalue weighted by atomic mass is 35.5. The summed E-state index contributed by atoms with van der Waals surface area (Å²) in [5.41, 5.74) is -0.498. The Kier molecular flexibility index (Phi) is 3.93. The second kappa shape index (κ2) is 5.21. The summed E-state index contributed by atoms with van der Waals surface area (Å²) in [6.45, 7) is 0. The molecule has 0 aromatic heterocycles. The van der Waals surface area contributed by atoms with Gasteiger partial charge in [0.2, 0.25) is 0 Å². The van der Waals surface area contributed by atoms with E-state index in [-0.39, 0.29) is 5.75 Å². The van der Waals surface area contributed by atoms with E-state index in [4.69, 9.17) is 11.6 Å². The van der Waals surface area contributed by atoms with Crippen LogP contribution in [0.3, 0.4) is 0 Å². The van der Waals surface area contributed by atoms with Gasteiger partial charge in [-0.2, -0.15) is 0 Å². The van der Waals surface area contributed by atoms with E-state index in [0.29, 0.717) is 5.69 Å². The summed E-state index contributed by atoms with van der Waals surface area (Å²) in [5.74, 6) is 0.240. The second-order valence-corrected chi connectivity index (χ2v) is 2.79. The Morgan fingerprint density at radius 1 is 1.40 bits per heavy atom. The summed E-state index contributed by atoms with van der Waals surface area (Å²) in [6.07, 6.45) is -0.607. The van der Waals surface area contributed by atoms with E-state index in [9.17, 15) is 9.59 Å². The van der Waals surface area contributed by atoms with Crippen molar-refractivity contribution in [3.63, 3.8) is 0 Å². The minimum absolute atomic E-state index is 0.240.